The predicted octanol–water partition coefficient (Wildman–Crippen LogP) is 4.22. The Kier molecular flexibility index (Phi) is 4.40. The Morgan fingerprint density at radius 1 is 1.12 bits per heavy atom. The maximum atomic E-state index is 14.6. The van der Waals surface area contributed by atoms with Crippen molar-refractivity contribution in [2.45, 2.75) is 57.3 Å². The number of halogens is 2. The Morgan fingerprint density at radius 2 is 1.94 bits per heavy atom. The summed E-state index contributed by atoms with van der Waals surface area (Å²) < 4.78 is 16.9. The highest BCUT2D eigenvalue weighted by Gasteiger charge is 2.55. The van der Waals surface area contributed by atoms with Crippen LogP contribution in [0.2, 0.25) is 5.02 Å². The van der Waals surface area contributed by atoms with Gasteiger partial charge < -0.3 is 4.90 Å². The first kappa shape index (κ1) is 20.8. The van der Waals surface area contributed by atoms with Crippen LogP contribution in [0.15, 0.2) is 30.5 Å². The summed E-state index contributed by atoms with van der Waals surface area (Å²) in [5.41, 5.74) is 2.45. The molecule has 176 valence electrons. The third-order valence-electron chi connectivity index (χ3n) is 7.94. The zero-order valence-corrected chi connectivity index (χ0v) is 20.0. The summed E-state index contributed by atoms with van der Waals surface area (Å²) in [7, 11) is 0. The lowest BCUT2D eigenvalue weighted by molar-refractivity contribution is 0.0574. The maximum absolute atomic E-state index is 14.6. The number of alkyl halides is 1. The third-order valence-corrected chi connectivity index (χ3v) is 8.17. The Hall–Kier alpha value is -2.58. The molecule has 0 amide bonds. The molecule has 3 fully saturated rings. The number of anilines is 1. The fourth-order valence-electron chi connectivity index (χ4n) is 6.08. The summed E-state index contributed by atoms with van der Waals surface area (Å²) in [5, 5.41) is 9.96. The van der Waals surface area contributed by atoms with Gasteiger partial charge in [-0.2, -0.15) is 0 Å². The van der Waals surface area contributed by atoms with E-state index in [-0.39, 0.29) is 0 Å². The van der Waals surface area contributed by atoms with Crippen molar-refractivity contribution in [2.75, 3.05) is 24.5 Å². The van der Waals surface area contributed by atoms with Gasteiger partial charge in [-0.25, -0.2) is 14.4 Å². The van der Waals surface area contributed by atoms with E-state index in [9.17, 15) is 4.39 Å². The maximum Gasteiger partial charge on any atom is 0.225 e. The summed E-state index contributed by atoms with van der Waals surface area (Å²) in [6.45, 7) is 5.69. The number of hydrogen-bond donors (Lipinski definition) is 0. The molecule has 2 saturated carbocycles. The van der Waals surface area contributed by atoms with Gasteiger partial charge in [-0.05, 0) is 62.4 Å². The molecule has 2 aliphatic heterocycles. The Labute approximate surface area is 203 Å². The first-order valence-corrected chi connectivity index (χ1v) is 12.5. The molecule has 0 unspecified atom stereocenters. The van der Waals surface area contributed by atoms with E-state index >= 15 is 0 Å². The van der Waals surface area contributed by atoms with Crippen LogP contribution in [0.25, 0.3) is 5.69 Å². The SMILES string of the molecule is Cc1ccnc(N2CC3(CC(c4nnc5n4-c4ccc(Cl)cc4CN(CC4(F)CC4)C5)C3)C2)n1. The van der Waals surface area contributed by atoms with Gasteiger partial charge in [0.15, 0.2) is 5.82 Å². The molecule has 0 bridgehead atoms. The highest BCUT2D eigenvalue weighted by molar-refractivity contribution is 6.30. The first-order chi connectivity index (χ1) is 16.4. The zero-order chi connectivity index (χ0) is 23.1. The second-order valence-electron chi connectivity index (χ2n) is 10.8. The Morgan fingerprint density at radius 3 is 2.71 bits per heavy atom. The number of aromatic nitrogens is 5. The predicted molar refractivity (Wildman–Crippen MR) is 127 cm³/mol. The number of rotatable bonds is 4. The van der Waals surface area contributed by atoms with Gasteiger partial charge in [0.25, 0.3) is 0 Å². The van der Waals surface area contributed by atoms with E-state index in [4.69, 9.17) is 11.6 Å². The van der Waals surface area contributed by atoms with Crippen LogP contribution in [0.5, 0.6) is 0 Å². The van der Waals surface area contributed by atoms with Crippen molar-refractivity contribution in [3.8, 4) is 5.69 Å². The molecule has 7 rings (SSSR count). The van der Waals surface area contributed by atoms with Crippen LogP contribution in [0.1, 0.15) is 54.5 Å². The molecule has 1 spiro atoms. The third kappa shape index (κ3) is 3.41. The van der Waals surface area contributed by atoms with Crippen LogP contribution in [0.4, 0.5) is 10.3 Å². The molecule has 3 aromatic rings. The highest BCUT2D eigenvalue weighted by atomic mass is 35.5. The van der Waals surface area contributed by atoms with Crippen molar-refractivity contribution in [3.05, 3.63) is 58.4 Å². The average Bonchev–Trinajstić information content (AvgIpc) is 3.36. The summed E-state index contributed by atoms with van der Waals surface area (Å²) in [4.78, 5) is 13.4. The van der Waals surface area contributed by atoms with Crippen LogP contribution >= 0.6 is 11.6 Å². The van der Waals surface area contributed by atoms with Crippen molar-refractivity contribution in [1.29, 1.82) is 0 Å². The highest BCUT2D eigenvalue weighted by Crippen LogP contribution is 2.56. The first-order valence-electron chi connectivity index (χ1n) is 12.1. The molecule has 2 aliphatic carbocycles. The average molecular weight is 480 g/mol. The van der Waals surface area contributed by atoms with Gasteiger partial charge in [-0.15, -0.1) is 10.2 Å². The normalized spacial score (nSPS) is 22.5. The van der Waals surface area contributed by atoms with E-state index in [0.29, 0.717) is 48.8 Å². The van der Waals surface area contributed by atoms with Gasteiger partial charge in [0.05, 0.1) is 12.2 Å². The number of hydrogen-bond acceptors (Lipinski definition) is 6. The monoisotopic (exact) mass is 479 g/mol. The number of benzene rings is 1. The van der Waals surface area contributed by atoms with E-state index in [1.165, 1.54) is 0 Å². The van der Waals surface area contributed by atoms with E-state index in [2.05, 4.69) is 40.6 Å². The Balaban J connectivity index is 1.13. The van der Waals surface area contributed by atoms with Crippen molar-refractivity contribution >= 4 is 17.5 Å². The number of fused-ring (bicyclic) bond motifs is 3. The zero-order valence-electron chi connectivity index (χ0n) is 19.2. The molecule has 4 heterocycles. The molecule has 0 N–H and O–H groups in total. The number of nitrogens with zero attached hydrogens (tertiary/aromatic N) is 7. The molecule has 2 aromatic heterocycles. The quantitative estimate of drug-likeness (QED) is 0.558. The second-order valence-corrected chi connectivity index (χ2v) is 11.3. The van der Waals surface area contributed by atoms with Crippen molar-refractivity contribution in [1.82, 2.24) is 29.6 Å². The summed E-state index contributed by atoms with van der Waals surface area (Å²) >= 11 is 6.35. The molecule has 0 radical (unpaired) electrons. The van der Waals surface area contributed by atoms with Crippen LogP contribution in [-0.4, -0.2) is 54.9 Å². The summed E-state index contributed by atoms with van der Waals surface area (Å²) in [6, 6.07) is 7.93. The molecule has 1 saturated heterocycles. The molecule has 1 aromatic carbocycles. The minimum Gasteiger partial charge on any atom is -0.340 e. The van der Waals surface area contributed by atoms with Crippen LogP contribution in [0.3, 0.4) is 0 Å². The van der Waals surface area contributed by atoms with Crippen molar-refractivity contribution < 1.29 is 4.39 Å². The minimum atomic E-state index is -1.05. The fraction of sp³-hybridized carbons (Fsp3) is 0.520. The minimum absolute atomic E-state index is 0.316. The van der Waals surface area contributed by atoms with Crippen molar-refractivity contribution in [3.63, 3.8) is 0 Å². The van der Waals surface area contributed by atoms with Crippen LogP contribution in [-0.2, 0) is 13.1 Å². The van der Waals surface area contributed by atoms with Crippen LogP contribution in [0, 0.1) is 12.3 Å². The molecule has 7 nitrogen and oxygen atoms in total. The largest absolute Gasteiger partial charge is 0.340 e. The molecule has 34 heavy (non-hydrogen) atoms. The number of aryl methyl sites for hydroxylation is 1. The molecule has 9 heteroatoms. The standard InChI is InChI=1S/C25H27ClFN7/c1-16-4-7-28-23(29-16)33-13-24(14-33)9-18(10-24)22-31-30-21-12-32(15-25(27)5-6-25)11-17-8-19(26)2-3-20(17)34(21)22/h2-4,7-8,18H,5-6,9-15H2,1H3. The fourth-order valence-corrected chi connectivity index (χ4v) is 6.28. The molecular formula is C25H27ClFN7. The van der Waals surface area contributed by atoms with E-state index in [0.717, 1.165) is 60.5 Å². The van der Waals surface area contributed by atoms with Gasteiger partial charge in [0, 0.05) is 54.4 Å². The van der Waals surface area contributed by atoms with E-state index in [1.807, 2.05) is 31.3 Å². The van der Waals surface area contributed by atoms with Crippen molar-refractivity contribution in [2.24, 2.45) is 5.41 Å². The van der Waals surface area contributed by atoms with Gasteiger partial charge in [0.1, 0.15) is 11.5 Å². The summed E-state index contributed by atoms with van der Waals surface area (Å²) in [5.74, 6) is 3.12. The van der Waals surface area contributed by atoms with E-state index in [1.54, 1.807) is 0 Å². The van der Waals surface area contributed by atoms with Gasteiger partial charge >= 0.3 is 0 Å². The van der Waals surface area contributed by atoms with E-state index < -0.39 is 5.67 Å². The van der Waals surface area contributed by atoms with Gasteiger partial charge in [0.2, 0.25) is 5.95 Å². The lowest BCUT2D eigenvalue weighted by Gasteiger charge is -2.58. The van der Waals surface area contributed by atoms with Gasteiger partial charge in [-0.3, -0.25) is 9.47 Å². The molecule has 4 aliphatic rings. The summed E-state index contributed by atoms with van der Waals surface area (Å²) in [6.07, 6.45) is 5.32. The lowest BCUT2D eigenvalue weighted by atomic mass is 9.57. The molecular weight excluding hydrogens is 453 g/mol. The molecule has 0 atom stereocenters. The topological polar surface area (TPSA) is 63.0 Å². The second kappa shape index (κ2) is 7.21. The Bertz CT molecular complexity index is 1270. The van der Waals surface area contributed by atoms with Crippen LogP contribution < -0.4 is 4.90 Å². The smallest absolute Gasteiger partial charge is 0.225 e. The van der Waals surface area contributed by atoms with Gasteiger partial charge in [-0.1, -0.05) is 11.6 Å². The lowest BCUT2D eigenvalue weighted by Crippen LogP contribution is -2.62.